The summed E-state index contributed by atoms with van der Waals surface area (Å²) in [6.07, 6.45) is 13.2. The maximum Gasteiger partial charge on any atom is 0.305 e. The quantitative estimate of drug-likeness (QED) is 0.0721. The third-order valence-electron chi connectivity index (χ3n) is 9.99. The Morgan fingerprint density at radius 1 is 0.950 bits per heavy atom. The molecule has 0 saturated heterocycles. The Hall–Kier alpha value is -0.506. The highest BCUT2D eigenvalue weighted by Gasteiger charge is 2.46. The van der Waals surface area contributed by atoms with Crippen molar-refractivity contribution >= 4 is 22.6 Å². The van der Waals surface area contributed by atoms with Crippen LogP contribution in [0, 0.1) is 11.8 Å². The topological polar surface area (TPSA) is 44.8 Å². The van der Waals surface area contributed by atoms with Crippen molar-refractivity contribution in [1.29, 1.82) is 0 Å². The first-order valence-corrected chi connectivity index (χ1v) is 21.9. The SMILES string of the molecule is CCCCC[C@@H](CC[C@@H]1[C@@H]([C@H](F)/C=C\CCCC(=O)OC)CC[C@H]1O[Si](C)(C)C(C)(C)C)O[Si](C)(C)C(C)(C)C. The zero-order valence-electron chi connectivity index (χ0n) is 28.3. The molecule has 0 aromatic rings. The number of unbranched alkanes of at least 4 members (excludes halogenated alkanes) is 3. The van der Waals surface area contributed by atoms with Crippen LogP contribution in [-0.4, -0.2) is 48.1 Å². The molecule has 0 heterocycles. The van der Waals surface area contributed by atoms with E-state index in [2.05, 4.69) is 74.7 Å². The van der Waals surface area contributed by atoms with E-state index in [0.29, 0.717) is 19.3 Å². The number of hydrogen-bond donors (Lipinski definition) is 0. The summed E-state index contributed by atoms with van der Waals surface area (Å²) in [6.45, 7) is 25.4. The molecule has 0 aromatic carbocycles. The number of rotatable bonds is 17. The number of methoxy groups -OCH3 is 1. The second-order valence-electron chi connectivity index (χ2n) is 15.2. The van der Waals surface area contributed by atoms with Gasteiger partial charge in [-0.05, 0) is 93.0 Å². The second-order valence-corrected chi connectivity index (χ2v) is 24.7. The Bertz CT molecular complexity index is 769. The molecule has 1 rings (SSSR count). The largest absolute Gasteiger partial charge is 0.469 e. The first-order chi connectivity index (χ1) is 18.4. The van der Waals surface area contributed by atoms with E-state index in [1.807, 2.05) is 6.08 Å². The molecule has 0 spiro atoms. The molecule has 1 saturated carbocycles. The van der Waals surface area contributed by atoms with Gasteiger partial charge in [-0.3, -0.25) is 4.79 Å². The molecule has 1 aliphatic rings. The van der Waals surface area contributed by atoms with Crippen molar-refractivity contribution in [2.24, 2.45) is 11.8 Å². The minimum atomic E-state index is -1.98. The van der Waals surface area contributed by atoms with Crippen LogP contribution in [0.5, 0.6) is 0 Å². The third-order valence-corrected chi connectivity index (χ3v) is 19.0. The van der Waals surface area contributed by atoms with Crippen molar-refractivity contribution in [2.45, 2.75) is 174 Å². The number of ether oxygens (including phenoxy) is 1. The first-order valence-electron chi connectivity index (χ1n) is 16.1. The molecule has 4 nitrogen and oxygen atoms in total. The fourth-order valence-electron chi connectivity index (χ4n) is 5.25. The van der Waals surface area contributed by atoms with E-state index in [4.69, 9.17) is 13.6 Å². The van der Waals surface area contributed by atoms with Crippen molar-refractivity contribution in [3.8, 4) is 0 Å². The summed E-state index contributed by atoms with van der Waals surface area (Å²) in [5.41, 5.74) is 0. The lowest BCUT2D eigenvalue weighted by molar-refractivity contribution is -0.140. The molecule has 236 valence electrons. The Balaban J connectivity index is 3.09. The zero-order chi connectivity index (χ0) is 30.8. The summed E-state index contributed by atoms with van der Waals surface area (Å²) in [5, 5.41) is 0.293. The summed E-state index contributed by atoms with van der Waals surface area (Å²) in [6, 6.07) is 0. The standard InChI is InChI=1S/C33H65FO4Si2/c1-13-14-16-19-26(37-39(9,10)32(2,3)4)22-23-28-27(29(34)20-17-15-18-21-31(35)36-8)24-25-30(28)38-40(11,12)33(5,6)7/h17,20,26-30H,13-16,18-19,21-25H2,1-12H3/b20-17-/t26-,27-,28+,29+,30+/m0/s1. The van der Waals surface area contributed by atoms with Gasteiger partial charge in [0.2, 0.25) is 0 Å². The number of allylic oxidation sites excluding steroid dienone is 2. The van der Waals surface area contributed by atoms with E-state index in [-0.39, 0.29) is 40.1 Å². The Morgan fingerprint density at radius 3 is 2.12 bits per heavy atom. The van der Waals surface area contributed by atoms with Gasteiger partial charge in [0, 0.05) is 18.6 Å². The summed E-state index contributed by atoms with van der Waals surface area (Å²) in [7, 11) is -2.48. The average molecular weight is 601 g/mol. The van der Waals surface area contributed by atoms with E-state index in [9.17, 15) is 4.79 Å². The molecule has 0 N–H and O–H groups in total. The van der Waals surface area contributed by atoms with Crippen LogP contribution in [0.2, 0.25) is 36.3 Å². The van der Waals surface area contributed by atoms with Gasteiger partial charge >= 0.3 is 5.97 Å². The minimum absolute atomic E-state index is 0.0317. The van der Waals surface area contributed by atoms with Gasteiger partial charge in [-0.15, -0.1) is 0 Å². The first kappa shape index (κ1) is 37.5. The van der Waals surface area contributed by atoms with Crippen molar-refractivity contribution in [1.82, 2.24) is 0 Å². The molecule has 0 amide bonds. The number of esters is 1. The maximum atomic E-state index is 15.8. The van der Waals surface area contributed by atoms with Crippen molar-refractivity contribution < 1.29 is 22.8 Å². The van der Waals surface area contributed by atoms with Gasteiger partial charge in [-0.1, -0.05) is 79.9 Å². The number of hydrogen-bond acceptors (Lipinski definition) is 4. The normalized spacial score (nSPS) is 22.6. The number of carbonyl (C=O) groups excluding carboxylic acids is 1. The summed E-state index contributed by atoms with van der Waals surface area (Å²) >= 11 is 0. The monoisotopic (exact) mass is 600 g/mol. The van der Waals surface area contributed by atoms with Crippen molar-refractivity contribution in [3.63, 3.8) is 0 Å². The van der Waals surface area contributed by atoms with Crippen LogP contribution in [0.1, 0.15) is 119 Å². The highest BCUT2D eigenvalue weighted by molar-refractivity contribution is 6.74. The molecular formula is C33H65FO4Si2. The van der Waals surface area contributed by atoms with Crippen molar-refractivity contribution in [3.05, 3.63) is 12.2 Å². The van der Waals surface area contributed by atoms with Crippen LogP contribution in [0.15, 0.2) is 12.2 Å². The van der Waals surface area contributed by atoms with Crippen LogP contribution < -0.4 is 0 Å². The Labute approximate surface area is 249 Å². The molecule has 40 heavy (non-hydrogen) atoms. The van der Waals surface area contributed by atoms with E-state index >= 15 is 4.39 Å². The molecule has 7 heteroatoms. The predicted molar refractivity (Wildman–Crippen MR) is 174 cm³/mol. The molecule has 0 unspecified atom stereocenters. The zero-order valence-corrected chi connectivity index (χ0v) is 30.3. The molecule has 0 radical (unpaired) electrons. The smallest absolute Gasteiger partial charge is 0.305 e. The predicted octanol–water partition coefficient (Wildman–Crippen LogP) is 10.4. The molecular weight excluding hydrogens is 536 g/mol. The molecule has 0 aliphatic heterocycles. The Morgan fingerprint density at radius 2 is 1.57 bits per heavy atom. The van der Waals surface area contributed by atoms with E-state index in [1.54, 1.807) is 6.08 Å². The number of halogens is 1. The fraction of sp³-hybridized carbons (Fsp3) is 0.909. The van der Waals surface area contributed by atoms with E-state index in [0.717, 1.165) is 32.1 Å². The third kappa shape index (κ3) is 12.0. The number of carbonyl (C=O) groups is 1. The molecule has 1 fully saturated rings. The van der Waals surface area contributed by atoms with E-state index in [1.165, 1.54) is 26.4 Å². The van der Waals surface area contributed by atoms with Gasteiger partial charge in [0.1, 0.15) is 6.17 Å². The lowest BCUT2D eigenvalue weighted by Gasteiger charge is -2.41. The Kier molecular flexibility index (Phi) is 15.4. The highest BCUT2D eigenvalue weighted by Crippen LogP contribution is 2.46. The van der Waals surface area contributed by atoms with Crippen LogP contribution in [0.4, 0.5) is 4.39 Å². The maximum absolute atomic E-state index is 15.8. The van der Waals surface area contributed by atoms with Gasteiger partial charge in [-0.25, -0.2) is 4.39 Å². The van der Waals surface area contributed by atoms with Crippen LogP contribution in [0.3, 0.4) is 0 Å². The summed E-state index contributed by atoms with van der Waals surface area (Å²) in [4.78, 5) is 11.4. The van der Waals surface area contributed by atoms with Gasteiger partial charge < -0.3 is 13.6 Å². The lowest BCUT2D eigenvalue weighted by atomic mass is 9.85. The van der Waals surface area contributed by atoms with Gasteiger partial charge in [-0.2, -0.15) is 0 Å². The summed E-state index contributed by atoms with van der Waals surface area (Å²) < 4.78 is 34.5. The van der Waals surface area contributed by atoms with Gasteiger partial charge in [0.15, 0.2) is 16.6 Å². The average Bonchev–Trinajstić information content (AvgIpc) is 3.22. The molecule has 0 bridgehead atoms. The highest BCUT2D eigenvalue weighted by atomic mass is 28.4. The van der Waals surface area contributed by atoms with Crippen LogP contribution in [-0.2, 0) is 18.4 Å². The van der Waals surface area contributed by atoms with Crippen molar-refractivity contribution in [2.75, 3.05) is 7.11 Å². The second kappa shape index (κ2) is 16.4. The fourth-order valence-corrected chi connectivity index (χ4v) is 8.07. The molecule has 0 aromatic heterocycles. The summed E-state index contributed by atoms with van der Waals surface area (Å²) in [5.74, 6) is -0.0450. The van der Waals surface area contributed by atoms with Crippen LogP contribution in [0.25, 0.3) is 0 Å². The van der Waals surface area contributed by atoms with Gasteiger partial charge in [0.25, 0.3) is 0 Å². The molecule has 1 aliphatic carbocycles. The van der Waals surface area contributed by atoms with Crippen LogP contribution >= 0.6 is 0 Å². The van der Waals surface area contributed by atoms with Gasteiger partial charge in [0.05, 0.1) is 7.11 Å². The van der Waals surface area contributed by atoms with E-state index < -0.39 is 22.8 Å². The lowest BCUT2D eigenvalue weighted by Crippen LogP contribution is -2.46. The molecule has 5 atom stereocenters. The number of alkyl halides is 1. The minimum Gasteiger partial charge on any atom is -0.469 e.